The number of benzene rings is 1. The Bertz CT molecular complexity index is 807. The number of halogens is 1. The van der Waals surface area contributed by atoms with Crippen molar-refractivity contribution in [3.05, 3.63) is 47.7 Å². The van der Waals surface area contributed by atoms with Crippen LogP contribution in [0.25, 0.3) is 0 Å². The first-order chi connectivity index (χ1) is 12.1. The minimum atomic E-state index is -0.438. The maximum Gasteiger partial charge on any atom is 0.226 e. The monoisotopic (exact) mass is 341 g/mol. The molecule has 1 saturated heterocycles. The molecule has 6 heteroatoms. The summed E-state index contributed by atoms with van der Waals surface area (Å²) in [7, 11) is 0. The van der Waals surface area contributed by atoms with Gasteiger partial charge in [0.2, 0.25) is 11.8 Å². The smallest absolute Gasteiger partial charge is 0.226 e. The number of amides is 1. The Balaban J connectivity index is 1.61. The predicted octanol–water partition coefficient (Wildman–Crippen LogP) is 3.79. The van der Waals surface area contributed by atoms with E-state index in [1.165, 1.54) is 6.07 Å². The Labute approximate surface area is 145 Å². The fraction of sp³-hybridized carbons (Fsp3) is 0.421. The molecule has 2 aliphatic rings. The maximum absolute atomic E-state index is 13.8. The van der Waals surface area contributed by atoms with E-state index in [2.05, 4.69) is 9.97 Å². The van der Waals surface area contributed by atoms with Gasteiger partial charge < -0.3 is 9.64 Å². The Hall–Kier alpha value is -2.50. The number of aryl methyl sites for hydroxylation is 1. The van der Waals surface area contributed by atoms with Gasteiger partial charge in [-0.15, -0.1) is 0 Å². The summed E-state index contributed by atoms with van der Waals surface area (Å²) in [5, 5.41) is 0. The molecular weight excluding hydrogens is 321 g/mol. The molecule has 25 heavy (non-hydrogen) atoms. The predicted molar refractivity (Wildman–Crippen MR) is 89.7 cm³/mol. The summed E-state index contributed by atoms with van der Waals surface area (Å²) < 4.78 is 19.4. The van der Waals surface area contributed by atoms with Crippen molar-refractivity contribution in [1.82, 2.24) is 14.9 Å². The van der Waals surface area contributed by atoms with Gasteiger partial charge in [-0.3, -0.25) is 4.79 Å². The van der Waals surface area contributed by atoms with Gasteiger partial charge in [0.1, 0.15) is 0 Å². The number of hydrogen-bond acceptors (Lipinski definition) is 4. The molecule has 0 radical (unpaired) electrons. The van der Waals surface area contributed by atoms with Gasteiger partial charge in [-0.25, -0.2) is 9.37 Å². The van der Waals surface area contributed by atoms with Gasteiger partial charge in [-0.05, 0) is 44.7 Å². The van der Waals surface area contributed by atoms with Crippen molar-refractivity contribution in [3.8, 4) is 11.6 Å². The summed E-state index contributed by atoms with van der Waals surface area (Å²) in [5.41, 5.74) is 0.738. The van der Waals surface area contributed by atoms with Crippen LogP contribution >= 0.6 is 0 Å². The third-order valence-electron chi connectivity index (χ3n) is 4.66. The van der Waals surface area contributed by atoms with E-state index in [-0.39, 0.29) is 23.6 Å². The minimum absolute atomic E-state index is 0.115. The Morgan fingerprint density at radius 1 is 1.24 bits per heavy atom. The molecule has 0 spiro atoms. The van der Waals surface area contributed by atoms with Crippen LogP contribution in [-0.2, 0) is 4.79 Å². The molecule has 2 heterocycles. The zero-order valence-corrected chi connectivity index (χ0v) is 14.1. The first-order valence-corrected chi connectivity index (χ1v) is 8.70. The van der Waals surface area contributed by atoms with Crippen LogP contribution in [0.15, 0.2) is 30.3 Å². The van der Waals surface area contributed by atoms with Crippen LogP contribution < -0.4 is 4.74 Å². The van der Waals surface area contributed by atoms with Crippen LogP contribution in [0.1, 0.15) is 43.2 Å². The molecule has 130 valence electrons. The number of para-hydroxylation sites is 1. The van der Waals surface area contributed by atoms with E-state index in [4.69, 9.17) is 4.74 Å². The molecule has 1 aliphatic heterocycles. The third-order valence-corrected chi connectivity index (χ3v) is 4.66. The second-order valence-electron chi connectivity index (χ2n) is 6.70. The fourth-order valence-electron chi connectivity index (χ4n) is 3.27. The molecule has 0 N–H and O–H groups in total. The first kappa shape index (κ1) is 16.0. The number of hydrogen-bond donors (Lipinski definition) is 0. The zero-order chi connectivity index (χ0) is 17.4. The summed E-state index contributed by atoms with van der Waals surface area (Å²) in [6.45, 7) is 2.60. The largest absolute Gasteiger partial charge is 0.436 e. The van der Waals surface area contributed by atoms with Gasteiger partial charge in [0.05, 0.1) is 6.04 Å². The average Bonchev–Trinajstić information content (AvgIpc) is 3.32. The van der Waals surface area contributed by atoms with Crippen LogP contribution in [0.5, 0.6) is 11.6 Å². The maximum atomic E-state index is 13.8. The molecule has 5 nitrogen and oxygen atoms in total. The normalized spacial score (nSPS) is 19.9. The lowest BCUT2D eigenvalue weighted by Crippen LogP contribution is -2.32. The molecule has 4 rings (SSSR count). The van der Waals surface area contributed by atoms with E-state index in [0.29, 0.717) is 11.7 Å². The molecular formula is C19H20FN3O2. The van der Waals surface area contributed by atoms with E-state index < -0.39 is 5.82 Å². The van der Waals surface area contributed by atoms with E-state index in [0.717, 1.165) is 37.9 Å². The van der Waals surface area contributed by atoms with Crippen molar-refractivity contribution in [3.63, 3.8) is 0 Å². The standard InChI is InChI=1S/C19H20FN3O2/c1-12-11-17(25-16-7-3-2-5-14(16)20)22-18(21-12)15-6-4-10-23(15)19(24)13-8-9-13/h2-3,5,7,11,13,15H,4,6,8-10H2,1H3/t15-/m1/s1. The van der Waals surface area contributed by atoms with Crippen LogP contribution in [0, 0.1) is 18.7 Å². The topological polar surface area (TPSA) is 55.3 Å². The number of rotatable bonds is 4. The molecule has 1 aromatic heterocycles. The highest BCUT2D eigenvalue weighted by Gasteiger charge is 2.39. The molecule has 0 bridgehead atoms. The summed E-state index contributed by atoms with van der Waals surface area (Å²) >= 11 is 0. The van der Waals surface area contributed by atoms with E-state index >= 15 is 0 Å². The molecule has 2 fully saturated rings. The fourth-order valence-corrected chi connectivity index (χ4v) is 3.27. The lowest BCUT2D eigenvalue weighted by Gasteiger charge is -2.24. The molecule has 1 aromatic carbocycles. The number of nitrogens with zero attached hydrogens (tertiary/aromatic N) is 3. The highest BCUT2D eigenvalue weighted by atomic mass is 19.1. The van der Waals surface area contributed by atoms with E-state index in [9.17, 15) is 9.18 Å². The quantitative estimate of drug-likeness (QED) is 0.849. The van der Waals surface area contributed by atoms with Crippen LogP contribution in [-0.4, -0.2) is 27.3 Å². The van der Waals surface area contributed by atoms with Gasteiger partial charge >= 0.3 is 0 Å². The lowest BCUT2D eigenvalue weighted by atomic mass is 10.2. The van der Waals surface area contributed by atoms with Crippen LogP contribution in [0.4, 0.5) is 4.39 Å². The number of carbonyl (C=O) groups excluding carboxylic acids is 1. The van der Waals surface area contributed by atoms with Crippen LogP contribution in [0.2, 0.25) is 0 Å². The van der Waals surface area contributed by atoms with E-state index in [1.54, 1.807) is 24.3 Å². The van der Waals surface area contributed by atoms with Crippen molar-refractivity contribution in [1.29, 1.82) is 0 Å². The summed E-state index contributed by atoms with van der Waals surface area (Å²) in [6.07, 6.45) is 3.77. The van der Waals surface area contributed by atoms with Crippen molar-refractivity contribution < 1.29 is 13.9 Å². The minimum Gasteiger partial charge on any atom is -0.436 e. The molecule has 1 amide bonds. The van der Waals surface area contributed by atoms with Crippen molar-refractivity contribution in [2.75, 3.05) is 6.54 Å². The first-order valence-electron chi connectivity index (χ1n) is 8.70. The number of carbonyl (C=O) groups is 1. The SMILES string of the molecule is Cc1cc(Oc2ccccc2F)nc([C@H]2CCCN2C(=O)C2CC2)n1. The highest BCUT2D eigenvalue weighted by Crippen LogP contribution is 2.38. The Kier molecular flexibility index (Phi) is 4.11. The second kappa shape index (κ2) is 6.43. The summed E-state index contributed by atoms with van der Waals surface area (Å²) in [4.78, 5) is 23.4. The average molecular weight is 341 g/mol. The lowest BCUT2D eigenvalue weighted by molar-refractivity contribution is -0.133. The van der Waals surface area contributed by atoms with Crippen molar-refractivity contribution >= 4 is 5.91 Å². The van der Waals surface area contributed by atoms with Crippen LogP contribution in [0.3, 0.4) is 0 Å². The second-order valence-corrected chi connectivity index (χ2v) is 6.70. The highest BCUT2D eigenvalue weighted by molar-refractivity contribution is 5.81. The summed E-state index contributed by atoms with van der Waals surface area (Å²) in [6, 6.07) is 7.79. The van der Waals surface area contributed by atoms with Crippen molar-refractivity contribution in [2.24, 2.45) is 5.92 Å². The number of ether oxygens (including phenoxy) is 1. The summed E-state index contributed by atoms with van der Waals surface area (Å²) in [5.74, 6) is 0.968. The molecule has 2 aromatic rings. The Morgan fingerprint density at radius 3 is 2.80 bits per heavy atom. The van der Waals surface area contributed by atoms with Gasteiger partial charge in [-0.1, -0.05) is 12.1 Å². The Morgan fingerprint density at radius 2 is 2.04 bits per heavy atom. The van der Waals surface area contributed by atoms with Gasteiger partial charge in [0.15, 0.2) is 17.4 Å². The molecule has 1 atom stereocenters. The van der Waals surface area contributed by atoms with Gasteiger partial charge in [0.25, 0.3) is 0 Å². The molecule has 1 saturated carbocycles. The molecule has 0 unspecified atom stereocenters. The number of aromatic nitrogens is 2. The zero-order valence-electron chi connectivity index (χ0n) is 14.1. The number of likely N-dealkylation sites (tertiary alicyclic amines) is 1. The molecule has 1 aliphatic carbocycles. The van der Waals surface area contributed by atoms with E-state index in [1.807, 2.05) is 11.8 Å². The van der Waals surface area contributed by atoms with Gasteiger partial charge in [0, 0.05) is 24.2 Å². The third kappa shape index (κ3) is 3.34. The van der Waals surface area contributed by atoms with Gasteiger partial charge in [-0.2, -0.15) is 4.98 Å². The van der Waals surface area contributed by atoms with Crippen molar-refractivity contribution in [2.45, 2.75) is 38.6 Å².